The number of nitrogens with zero attached hydrogens (tertiary/aromatic N) is 4. The van der Waals surface area contributed by atoms with Crippen LogP contribution in [0, 0.1) is 5.82 Å². The Morgan fingerprint density at radius 2 is 2.10 bits per heavy atom. The lowest BCUT2D eigenvalue weighted by Crippen LogP contribution is -2.44. The molecule has 3 heterocycles. The number of benzene rings is 1. The molecule has 1 fully saturated rings. The van der Waals surface area contributed by atoms with Gasteiger partial charge in [0.1, 0.15) is 17.0 Å². The van der Waals surface area contributed by atoms with Gasteiger partial charge in [0.2, 0.25) is 11.8 Å². The number of aromatic nitrogens is 2. The zero-order valence-corrected chi connectivity index (χ0v) is 18.3. The number of carbonyl (C=O) groups is 1. The van der Waals surface area contributed by atoms with E-state index < -0.39 is 11.4 Å². The van der Waals surface area contributed by atoms with Gasteiger partial charge in [-0.1, -0.05) is 0 Å². The molecule has 8 nitrogen and oxygen atoms in total. The van der Waals surface area contributed by atoms with Crippen molar-refractivity contribution in [1.82, 2.24) is 14.9 Å². The van der Waals surface area contributed by atoms with Gasteiger partial charge in [0.05, 0.1) is 31.5 Å². The van der Waals surface area contributed by atoms with Gasteiger partial charge in [0.15, 0.2) is 0 Å². The average Bonchev–Trinajstić information content (AvgIpc) is 2.80. The lowest BCUT2D eigenvalue weighted by Gasteiger charge is -2.34. The van der Waals surface area contributed by atoms with Crippen LogP contribution in [0.25, 0.3) is 11.3 Å². The molecular weight excluding hydrogens is 401 g/mol. The summed E-state index contributed by atoms with van der Waals surface area (Å²) < 4.78 is 26.7. The second kappa shape index (κ2) is 7.96. The first-order valence-corrected chi connectivity index (χ1v) is 10.5. The number of nitrogen functional groups attached to an aromatic ring is 1. The zero-order valence-electron chi connectivity index (χ0n) is 18.3. The maximum absolute atomic E-state index is 15.0. The lowest BCUT2D eigenvalue weighted by atomic mass is 10.0. The molecule has 31 heavy (non-hydrogen) atoms. The topological polar surface area (TPSA) is 93.8 Å². The molecule has 0 bridgehead atoms. The van der Waals surface area contributed by atoms with Gasteiger partial charge < -0.3 is 25.0 Å². The summed E-state index contributed by atoms with van der Waals surface area (Å²) in [5, 5.41) is 0. The number of rotatable bonds is 3. The van der Waals surface area contributed by atoms with E-state index in [1.165, 1.54) is 6.07 Å². The van der Waals surface area contributed by atoms with E-state index in [2.05, 4.69) is 9.97 Å². The molecule has 0 aliphatic carbocycles. The Morgan fingerprint density at radius 3 is 2.77 bits per heavy atom. The number of nitrogens with two attached hydrogens (primary N) is 1. The van der Waals surface area contributed by atoms with Crippen molar-refractivity contribution in [3.8, 4) is 17.1 Å². The minimum atomic E-state index is -0.671. The van der Waals surface area contributed by atoms with E-state index >= 15 is 0 Å². The molecule has 0 radical (unpaired) electrons. The first kappa shape index (κ1) is 21.3. The van der Waals surface area contributed by atoms with Crippen molar-refractivity contribution in [2.45, 2.75) is 39.3 Å². The van der Waals surface area contributed by atoms with Crippen LogP contribution >= 0.6 is 0 Å². The summed E-state index contributed by atoms with van der Waals surface area (Å²) in [5.41, 5.74) is 5.92. The summed E-state index contributed by atoms with van der Waals surface area (Å²) in [6, 6.07) is 4.38. The van der Waals surface area contributed by atoms with Gasteiger partial charge >= 0.3 is 0 Å². The van der Waals surface area contributed by atoms with Crippen molar-refractivity contribution in [2.75, 3.05) is 43.5 Å². The number of morpholine rings is 1. The monoisotopic (exact) mass is 429 g/mol. The maximum atomic E-state index is 15.0. The van der Waals surface area contributed by atoms with Gasteiger partial charge in [-0.2, -0.15) is 4.98 Å². The highest BCUT2D eigenvalue weighted by Gasteiger charge is 2.38. The smallest absolute Gasteiger partial charge is 0.261 e. The van der Waals surface area contributed by atoms with Crippen molar-refractivity contribution in [3.05, 3.63) is 29.6 Å². The first-order valence-electron chi connectivity index (χ1n) is 10.5. The molecule has 0 saturated carbocycles. The zero-order chi connectivity index (χ0) is 22.3. The molecule has 1 atom stereocenters. The molecule has 0 spiro atoms. The van der Waals surface area contributed by atoms with Crippen LogP contribution in [0.2, 0.25) is 0 Å². The van der Waals surface area contributed by atoms with Gasteiger partial charge in [-0.25, -0.2) is 9.37 Å². The van der Waals surface area contributed by atoms with Crippen LogP contribution in [-0.4, -0.2) is 65.3 Å². The van der Waals surface area contributed by atoms with Gasteiger partial charge in [-0.3, -0.25) is 4.79 Å². The molecule has 1 saturated heterocycles. The fraction of sp³-hybridized carbons (Fsp3) is 0.500. The number of fused-ring (bicyclic) bond motifs is 1. The van der Waals surface area contributed by atoms with Crippen molar-refractivity contribution in [3.63, 3.8) is 0 Å². The van der Waals surface area contributed by atoms with Crippen LogP contribution in [0.15, 0.2) is 18.2 Å². The number of halogens is 1. The largest absolute Gasteiger partial charge is 0.469 e. The van der Waals surface area contributed by atoms with E-state index in [-0.39, 0.29) is 34.6 Å². The van der Waals surface area contributed by atoms with Crippen LogP contribution in [0.5, 0.6) is 5.88 Å². The van der Waals surface area contributed by atoms with E-state index in [0.29, 0.717) is 44.5 Å². The first-order chi connectivity index (χ1) is 14.7. The standard InChI is InChI=1S/C22H28FN5O3/c1-5-27-12-22(3,4)31-19-17(20(27)29)18(15-7-6-14(24)10-16(15)23)25-21(26-19)28-8-9-30-11-13(28)2/h6-7,10,13H,5,8-9,11-12,24H2,1-4H3/t13-/m0/s1. The van der Waals surface area contributed by atoms with Crippen LogP contribution < -0.4 is 15.4 Å². The van der Waals surface area contributed by atoms with Crippen molar-refractivity contribution >= 4 is 17.5 Å². The molecule has 1 amide bonds. The third kappa shape index (κ3) is 4.01. The second-order valence-corrected chi connectivity index (χ2v) is 8.59. The number of anilines is 2. The SMILES string of the molecule is CCN1CC(C)(C)Oc2nc(N3CCOC[C@@H]3C)nc(-c3ccc(N)cc3F)c2C1=O. The van der Waals surface area contributed by atoms with E-state index in [4.69, 9.17) is 15.2 Å². The Hall–Kier alpha value is -2.94. The molecule has 9 heteroatoms. The summed E-state index contributed by atoms with van der Waals surface area (Å²) in [7, 11) is 0. The minimum absolute atomic E-state index is 0.0255. The predicted octanol–water partition coefficient (Wildman–Crippen LogP) is 2.72. The lowest BCUT2D eigenvalue weighted by molar-refractivity contribution is 0.0541. The normalized spacial score (nSPS) is 20.8. The Labute approximate surface area is 181 Å². The Kier molecular flexibility index (Phi) is 5.47. The van der Waals surface area contributed by atoms with Gasteiger partial charge in [0.25, 0.3) is 5.91 Å². The molecule has 2 aliphatic rings. The molecular formula is C22H28FN5O3. The van der Waals surface area contributed by atoms with Crippen LogP contribution in [0.1, 0.15) is 38.1 Å². The molecule has 1 aromatic carbocycles. The second-order valence-electron chi connectivity index (χ2n) is 8.59. The van der Waals surface area contributed by atoms with E-state index in [1.54, 1.807) is 17.0 Å². The maximum Gasteiger partial charge on any atom is 0.261 e. The highest BCUT2D eigenvalue weighted by atomic mass is 19.1. The quantitative estimate of drug-likeness (QED) is 0.750. The van der Waals surface area contributed by atoms with Crippen molar-refractivity contribution < 1.29 is 18.7 Å². The number of hydrogen-bond acceptors (Lipinski definition) is 7. The third-order valence-corrected chi connectivity index (χ3v) is 5.56. The highest BCUT2D eigenvalue weighted by molar-refractivity contribution is 6.02. The predicted molar refractivity (Wildman–Crippen MR) is 116 cm³/mol. The Bertz CT molecular complexity index is 1010. The van der Waals surface area contributed by atoms with Crippen molar-refractivity contribution in [1.29, 1.82) is 0 Å². The van der Waals surface area contributed by atoms with Gasteiger partial charge in [-0.05, 0) is 45.9 Å². The van der Waals surface area contributed by atoms with E-state index in [1.807, 2.05) is 32.6 Å². The summed E-state index contributed by atoms with van der Waals surface area (Å²) in [6.07, 6.45) is 0. The minimum Gasteiger partial charge on any atom is -0.469 e. The Balaban J connectivity index is 1.97. The van der Waals surface area contributed by atoms with Crippen LogP contribution in [-0.2, 0) is 4.74 Å². The molecule has 2 N–H and O–H groups in total. The summed E-state index contributed by atoms with van der Waals surface area (Å²) >= 11 is 0. The molecule has 2 aromatic rings. The molecule has 4 rings (SSSR count). The number of likely N-dealkylation sites (N-methyl/N-ethyl adjacent to an activating group) is 1. The fourth-order valence-electron chi connectivity index (χ4n) is 4.01. The number of carbonyl (C=O) groups excluding carboxylic acids is 1. The summed E-state index contributed by atoms with van der Waals surface area (Å²) in [6.45, 7) is 10.2. The van der Waals surface area contributed by atoms with Crippen LogP contribution in [0.4, 0.5) is 16.0 Å². The molecule has 2 aliphatic heterocycles. The van der Waals surface area contributed by atoms with Gasteiger partial charge in [-0.15, -0.1) is 0 Å². The van der Waals surface area contributed by atoms with Gasteiger partial charge in [0, 0.05) is 24.3 Å². The molecule has 0 unspecified atom stereocenters. The number of hydrogen-bond donors (Lipinski definition) is 1. The third-order valence-electron chi connectivity index (χ3n) is 5.56. The van der Waals surface area contributed by atoms with Crippen LogP contribution in [0.3, 0.4) is 0 Å². The van der Waals surface area contributed by atoms with E-state index in [9.17, 15) is 9.18 Å². The molecule has 1 aromatic heterocycles. The summed E-state index contributed by atoms with van der Waals surface area (Å²) in [4.78, 5) is 26.4. The van der Waals surface area contributed by atoms with Crippen molar-refractivity contribution in [2.24, 2.45) is 0 Å². The summed E-state index contributed by atoms with van der Waals surface area (Å²) in [5.74, 6) is -0.285. The Morgan fingerprint density at radius 1 is 1.32 bits per heavy atom. The fourth-order valence-corrected chi connectivity index (χ4v) is 4.01. The average molecular weight is 429 g/mol. The number of ether oxygens (including phenoxy) is 2. The highest BCUT2D eigenvalue weighted by Crippen LogP contribution is 2.37. The van der Waals surface area contributed by atoms with E-state index in [0.717, 1.165) is 0 Å². The number of amides is 1. The molecule has 166 valence electrons.